The van der Waals surface area contributed by atoms with Crippen LogP contribution in [0.25, 0.3) is 10.2 Å². The van der Waals surface area contributed by atoms with Gasteiger partial charge in [0.25, 0.3) is 5.91 Å². The molecule has 156 valence electrons. The Morgan fingerprint density at radius 3 is 2.45 bits per heavy atom. The van der Waals surface area contributed by atoms with Crippen molar-refractivity contribution in [2.24, 2.45) is 4.99 Å². The number of esters is 1. The molecule has 0 unspecified atom stereocenters. The summed E-state index contributed by atoms with van der Waals surface area (Å²) in [5, 5.41) is 0. The van der Waals surface area contributed by atoms with Crippen molar-refractivity contribution < 1.29 is 19.1 Å². The fourth-order valence-electron chi connectivity index (χ4n) is 3.18. The van der Waals surface area contributed by atoms with E-state index in [9.17, 15) is 9.59 Å². The van der Waals surface area contributed by atoms with E-state index in [-0.39, 0.29) is 5.91 Å². The van der Waals surface area contributed by atoms with Gasteiger partial charge in [0.15, 0.2) is 4.80 Å². The van der Waals surface area contributed by atoms with Gasteiger partial charge in [0.2, 0.25) is 0 Å². The number of para-hydroxylation sites is 1. The van der Waals surface area contributed by atoms with Crippen molar-refractivity contribution in [2.75, 3.05) is 7.11 Å². The molecule has 0 aliphatic carbocycles. The van der Waals surface area contributed by atoms with Gasteiger partial charge < -0.3 is 14.0 Å². The van der Waals surface area contributed by atoms with Gasteiger partial charge in [0, 0.05) is 12.1 Å². The van der Waals surface area contributed by atoms with Crippen molar-refractivity contribution in [1.82, 2.24) is 4.57 Å². The SMILES string of the molecule is CCn1c(=NC(=O)c2cccc(Oc3ccccc3)c2)sc2cc(C(=O)OC)ccc21. The predicted molar refractivity (Wildman–Crippen MR) is 120 cm³/mol. The second-order valence-corrected chi connectivity index (χ2v) is 7.67. The highest BCUT2D eigenvalue weighted by molar-refractivity contribution is 7.16. The molecule has 0 spiro atoms. The van der Waals surface area contributed by atoms with Crippen LogP contribution >= 0.6 is 11.3 Å². The summed E-state index contributed by atoms with van der Waals surface area (Å²) in [7, 11) is 1.35. The minimum absolute atomic E-state index is 0.361. The summed E-state index contributed by atoms with van der Waals surface area (Å²) in [6.07, 6.45) is 0. The van der Waals surface area contributed by atoms with Gasteiger partial charge in [-0.25, -0.2) is 4.79 Å². The number of hydrogen-bond donors (Lipinski definition) is 0. The zero-order valence-corrected chi connectivity index (χ0v) is 17.9. The monoisotopic (exact) mass is 432 g/mol. The summed E-state index contributed by atoms with van der Waals surface area (Å²) in [6, 6.07) is 21.6. The summed E-state index contributed by atoms with van der Waals surface area (Å²) < 4.78 is 13.4. The number of nitrogens with zero attached hydrogens (tertiary/aromatic N) is 2. The van der Waals surface area contributed by atoms with Gasteiger partial charge in [-0.05, 0) is 55.5 Å². The first-order chi connectivity index (χ1) is 15.1. The molecule has 3 aromatic carbocycles. The van der Waals surface area contributed by atoms with Crippen LogP contribution in [0.3, 0.4) is 0 Å². The lowest BCUT2D eigenvalue weighted by molar-refractivity contribution is 0.0601. The molecule has 1 aromatic heterocycles. The number of rotatable bonds is 5. The lowest BCUT2D eigenvalue weighted by Crippen LogP contribution is -2.15. The number of hydrogen-bond acceptors (Lipinski definition) is 5. The summed E-state index contributed by atoms with van der Waals surface area (Å²) >= 11 is 1.36. The van der Waals surface area contributed by atoms with E-state index in [1.165, 1.54) is 18.4 Å². The van der Waals surface area contributed by atoms with Crippen molar-refractivity contribution in [1.29, 1.82) is 0 Å². The molecule has 0 bridgehead atoms. The van der Waals surface area contributed by atoms with Crippen LogP contribution in [0, 0.1) is 0 Å². The fraction of sp³-hybridized carbons (Fsp3) is 0.125. The van der Waals surface area contributed by atoms with E-state index in [1.54, 1.807) is 36.4 Å². The van der Waals surface area contributed by atoms with Crippen LogP contribution < -0.4 is 9.54 Å². The highest BCUT2D eigenvalue weighted by Gasteiger charge is 2.12. The van der Waals surface area contributed by atoms with Crippen molar-refractivity contribution in [3.63, 3.8) is 0 Å². The topological polar surface area (TPSA) is 69.9 Å². The summed E-state index contributed by atoms with van der Waals surface area (Å²) in [6.45, 7) is 2.62. The molecule has 0 radical (unpaired) electrons. The Kier molecular flexibility index (Phi) is 5.95. The third-order valence-electron chi connectivity index (χ3n) is 4.68. The molecule has 1 amide bonds. The standard InChI is InChI=1S/C24H20N2O4S/c1-3-26-20-13-12-17(23(28)29-2)15-21(20)31-24(26)25-22(27)16-8-7-11-19(14-16)30-18-9-5-4-6-10-18/h4-15H,3H2,1-2H3. The molecule has 0 N–H and O–H groups in total. The minimum atomic E-state index is -0.400. The molecule has 0 saturated carbocycles. The Morgan fingerprint density at radius 2 is 1.71 bits per heavy atom. The number of ether oxygens (including phenoxy) is 2. The molecular weight excluding hydrogens is 412 g/mol. The molecule has 4 rings (SSSR count). The number of aryl methyl sites for hydroxylation is 1. The molecule has 0 saturated heterocycles. The summed E-state index contributed by atoms with van der Waals surface area (Å²) in [5.74, 6) is 0.497. The molecule has 4 aromatic rings. The van der Waals surface area contributed by atoms with Crippen LogP contribution in [0.5, 0.6) is 11.5 Å². The number of carbonyl (C=O) groups excluding carboxylic acids is 2. The summed E-state index contributed by atoms with van der Waals surface area (Å²) in [4.78, 5) is 29.6. The molecule has 1 heterocycles. The lowest BCUT2D eigenvalue weighted by atomic mass is 10.2. The number of thiazole rings is 1. The van der Waals surface area contributed by atoms with Crippen LogP contribution in [0.1, 0.15) is 27.6 Å². The number of amides is 1. The van der Waals surface area contributed by atoms with E-state index in [1.807, 2.05) is 47.9 Å². The first kappa shape index (κ1) is 20.6. The number of aromatic nitrogens is 1. The quantitative estimate of drug-likeness (QED) is 0.414. The van der Waals surface area contributed by atoms with Gasteiger partial charge in [-0.3, -0.25) is 4.79 Å². The molecule has 0 aliphatic heterocycles. The van der Waals surface area contributed by atoms with Crippen molar-refractivity contribution in [3.05, 3.63) is 88.7 Å². The van der Waals surface area contributed by atoms with Crippen molar-refractivity contribution in [3.8, 4) is 11.5 Å². The minimum Gasteiger partial charge on any atom is -0.465 e. The molecule has 0 atom stereocenters. The second-order valence-electron chi connectivity index (χ2n) is 6.66. The number of carbonyl (C=O) groups is 2. The predicted octanol–water partition coefficient (Wildman–Crippen LogP) is 5.04. The van der Waals surface area contributed by atoms with Gasteiger partial charge in [-0.2, -0.15) is 4.99 Å². The van der Waals surface area contributed by atoms with E-state index in [0.29, 0.717) is 34.0 Å². The Morgan fingerprint density at radius 1 is 0.935 bits per heavy atom. The number of benzene rings is 3. The van der Waals surface area contributed by atoms with Crippen molar-refractivity contribution in [2.45, 2.75) is 13.5 Å². The molecule has 7 heteroatoms. The van der Waals surface area contributed by atoms with Crippen LogP contribution in [0.2, 0.25) is 0 Å². The first-order valence-corrected chi connectivity index (χ1v) is 10.5. The average molecular weight is 433 g/mol. The molecular formula is C24H20N2O4S. The van der Waals surface area contributed by atoms with Gasteiger partial charge in [0.1, 0.15) is 11.5 Å². The third kappa shape index (κ3) is 4.41. The molecule has 31 heavy (non-hydrogen) atoms. The lowest BCUT2D eigenvalue weighted by Gasteiger charge is -2.06. The van der Waals surface area contributed by atoms with Crippen LogP contribution in [-0.4, -0.2) is 23.6 Å². The normalized spacial score (nSPS) is 11.5. The maximum Gasteiger partial charge on any atom is 0.337 e. The fourth-order valence-corrected chi connectivity index (χ4v) is 4.31. The highest BCUT2D eigenvalue weighted by atomic mass is 32.1. The van der Waals surface area contributed by atoms with Gasteiger partial charge in [-0.1, -0.05) is 35.6 Å². The molecule has 0 aliphatic rings. The second kappa shape index (κ2) is 8.97. The largest absolute Gasteiger partial charge is 0.465 e. The van der Waals surface area contributed by atoms with E-state index < -0.39 is 5.97 Å². The van der Waals surface area contributed by atoms with E-state index in [2.05, 4.69) is 4.99 Å². The van der Waals surface area contributed by atoms with Gasteiger partial charge >= 0.3 is 5.97 Å². The Hall–Kier alpha value is -3.71. The van der Waals surface area contributed by atoms with Crippen molar-refractivity contribution >= 4 is 33.4 Å². The zero-order valence-electron chi connectivity index (χ0n) is 17.1. The molecule has 6 nitrogen and oxygen atoms in total. The van der Waals surface area contributed by atoms with Crippen LogP contribution in [0.4, 0.5) is 0 Å². The number of fused-ring (bicyclic) bond motifs is 1. The highest BCUT2D eigenvalue weighted by Crippen LogP contribution is 2.23. The Bertz CT molecular complexity index is 1320. The maximum atomic E-state index is 12.9. The van der Waals surface area contributed by atoms with E-state index >= 15 is 0 Å². The summed E-state index contributed by atoms with van der Waals surface area (Å²) in [5.41, 5.74) is 1.81. The van der Waals surface area contributed by atoms with E-state index in [0.717, 1.165) is 10.2 Å². The average Bonchev–Trinajstić information content (AvgIpc) is 3.15. The molecule has 0 fully saturated rings. The van der Waals surface area contributed by atoms with E-state index in [4.69, 9.17) is 9.47 Å². The zero-order chi connectivity index (χ0) is 21.8. The Balaban J connectivity index is 1.68. The number of methoxy groups -OCH3 is 1. The third-order valence-corrected chi connectivity index (χ3v) is 5.72. The smallest absolute Gasteiger partial charge is 0.337 e. The van der Waals surface area contributed by atoms with Gasteiger partial charge in [0.05, 0.1) is 22.9 Å². The Labute approximate surface area is 183 Å². The first-order valence-electron chi connectivity index (χ1n) is 9.72. The van der Waals surface area contributed by atoms with Crippen LogP contribution in [-0.2, 0) is 11.3 Å². The van der Waals surface area contributed by atoms with Crippen LogP contribution in [0.15, 0.2) is 77.8 Å². The van der Waals surface area contributed by atoms with Gasteiger partial charge in [-0.15, -0.1) is 0 Å². The maximum absolute atomic E-state index is 12.9.